The van der Waals surface area contributed by atoms with Crippen molar-refractivity contribution in [2.75, 3.05) is 0 Å². The van der Waals surface area contributed by atoms with E-state index in [9.17, 15) is 0 Å². The van der Waals surface area contributed by atoms with E-state index in [1.807, 2.05) is 0 Å². The Hall–Kier alpha value is -3.75. The van der Waals surface area contributed by atoms with E-state index in [1.165, 1.54) is 66.3 Å². The number of hydrogen-bond acceptors (Lipinski definition) is 1. The molecule has 0 amide bonds. The number of fused-ring (bicyclic) bond motifs is 3. The van der Waals surface area contributed by atoms with Crippen LogP contribution in [0.3, 0.4) is 0 Å². The van der Waals surface area contributed by atoms with Crippen molar-refractivity contribution in [2.45, 2.75) is 52.9 Å². The highest BCUT2D eigenvalue weighted by molar-refractivity contribution is 7.97. The van der Waals surface area contributed by atoms with Gasteiger partial charge in [-0.2, -0.15) is 0 Å². The summed E-state index contributed by atoms with van der Waals surface area (Å²) in [6.45, 7) is 0. The predicted octanol–water partition coefficient (Wildman–Crippen LogP) is 9.95. The first-order chi connectivity index (χ1) is 18.9. The monoisotopic (exact) mass is 511 g/mol. The van der Waals surface area contributed by atoms with Crippen LogP contribution in [0.1, 0.15) is 32.1 Å². The van der Waals surface area contributed by atoms with Gasteiger partial charge in [0.05, 0.1) is 6.10 Å². The molecule has 1 saturated carbocycles. The first-order valence-corrected chi connectivity index (χ1v) is 15.0. The minimum atomic E-state index is -0.309. The van der Waals surface area contributed by atoms with Crippen molar-refractivity contribution < 1.29 is 4.74 Å². The molecule has 0 atom stereocenters. The summed E-state index contributed by atoms with van der Waals surface area (Å²) in [6, 6.07) is 44.6. The molecule has 1 nitrogen and oxygen atoms in total. The lowest BCUT2D eigenvalue weighted by Crippen LogP contribution is -2.19. The van der Waals surface area contributed by atoms with Gasteiger partial charge < -0.3 is 4.74 Å². The molecular weight excluding hydrogens is 480 g/mol. The zero-order valence-corrected chi connectivity index (χ0v) is 22.3. The molecule has 1 aliphatic rings. The minimum absolute atomic E-state index is 0.309. The first kappa shape index (κ1) is 23.4. The van der Waals surface area contributed by atoms with Crippen LogP contribution in [-0.2, 0) is 10.9 Å². The number of benzene rings is 6. The molecule has 0 radical (unpaired) electrons. The van der Waals surface area contributed by atoms with E-state index in [0.29, 0.717) is 6.10 Å². The van der Waals surface area contributed by atoms with E-state index < -0.39 is 0 Å². The third-order valence-electron chi connectivity index (χ3n) is 7.85. The molecule has 0 saturated heterocycles. The van der Waals surface area contributed by atoms with Gasteiger partial charge in [0.1, 0.15) is 16.6 Å². The largest absolute Gasteiger partial charge is 0.490 e. The molecule has 1 aliphatic carbocycles. The van der Waals surface area contributed by atoms with Gasteiger partial charge in [-0.3, -0.25) is 0 Å². The highest BCUT2D eigenvalue weighted by Crippen LogP contribution is 2.43. The van der Waals surface area contributed by atoms with E-state index in [1.54, 1.807) is 0 Å². The van der Waals surface area contributed by atoms with Gasteiger partial charge in [0, 0.05) is 21.5 Å². The Morgan fingerprint density at radius 1 is 0.447 bits per heavy atom. The summed E-state index contributed by atoms with van der Waals surface area (Å²) in [4.78, 5) is 4.08. The van der Waals surface area contributed by atoms with Gasteiger partial charge in [-0.1, -0.05) is 85.3 Å². The molecule has 0 bridgehead atoms. The van der Waals surface area contributed by atoms with E-state index in [4.69, 9.17) is 4.74 Å². The number of ether oxygens (including phenoxy) is 1. The van der Waals surface area contributed by atoms with Crippen molar-refractivity contribution in [3.05, 3.63) is 121 Å². The van der Waals surface area contributed by atoms with Crippen LogP contribution in [0.5, 0.6) is 5.75 Å². The Balaban J connectivity index is 1.48. The quantitative estimate of drug-likeness (QED) is 0.209. The fourth-order valence-corrected chi connectivity index (χ4v) is 8.54. The maximum absolute atomic E-state index is 6.66. The zero-order valence-electron chi connectivity index (χ0n) is 21.5. The summed E-state index contributed by atoms with van der Waals surface area (Å²) >= 11 is 0. The molecule has 1 fully saturated rings. The molecule has 186 valence electrons. The van der Waals surface area contributed by atoms with Gasteiger partial charge in [-0.25, -0.2) is 0 Å². The third kappa shape index (κ3) is 4.23. The number of hydrogen-bond donors (Lipinski definition) is 0. The molecule has 0 unspecified atom stereocenters. The van der Waals surface area contributed by atoms with Crippen molar-refractivity contribution in [3.63, 3.8) is 0 Å². The van der Waals surface area contributed by atoms with Crippen LogP contribution in [0.15, 0.2) is 136 Å². The maximum atomic E-state index is 6.66. The van der Waals surface area contributed by atoms with Crippen molar-refractivity contribution in [1.29, 1.82) is 0 Å². The molecular formula is C36H31OS+. The Kier molecular flexibility index (Phi) is 6.27. The van der Waals surface area contributed by atoms with Crippen LogP contribution in [0, 0.1) is 0 Å². The molecule has 0 aliphatic heterocycles. The minimum Gasteiger partial charge on any atom is -0.490 e. The highest BCUT2D eigenvalue weighted by atomic mass is 32.2. The molecule has 6 aromatic carbocycles. The van der Waals surface area contributed by atoms with Crippen LogP contribution >= 0.6 is 0 Å². The van der Waals surface area contributed by atoms with E-state index >= 15 is 0 Å². The summed E-state index contributed by atoms with van der Waals surface area (Å²) in [5, 5.41) is 7.70. The molecule has 0 heterocycles. The lowest BCUT2D eigenvalue weighted by atomic mass is 9.97. The van der Waals surface area contributed by atoms with Crippen molar-refractivity contribution in [3.8, 4) is 5.75 Å². The predicted molar refractivity (Wildman–Crippen MR) is 162 cm³/mol. The van der Waals surface area contributed by atoms with Crippen molar-refractivity contribution >= 4 is 43.2 Å². The van der Waals surface area contributed by atoms with Gasteiger partial charge >= 0.3 is 0 Å². The van der Waals surface area contributed by atoms with Crippen LogP contribution < -0.4 is 4.74 Å². The Labute approximate surface area is 227 Å². The van der Waals surface area contributed by atoms with Gasteiger partial charge in [0.15, 0.2) is 14.7 Å². The second-order valence-electron chi connectivity index (χ2n) is 10.2. The Bertz CT molecular complexity index is 1660. The van der Waals surface area contributed by atoms with Gasteiger partial charge in [-0.05, 0) is 78.9 Å². The summed E-state index contributed by atoms with van der Waals surface area (Å²) in [7, 11) is -0.309. The molecule has 38 heavy (non-hydrogen) atoms. The number of rotatable bonds is 5. The van der Waals surface area contributed by atoms with Gasteiger partial charge in [0.2, 0.25) is 0 Å². The van der Waals surface area contributed by atoms with Crippen LogP contribution in [0.2, 0.25) is 0 Å². The van der Waals surface area contributed by atoms with Crippen LogP contribution in [-0.4, -0.2) is 6.10 Å². The summed E-state index contributed by atoms with van der Waals surface area (Å²) in [5.74, 6) is 1.02. The second-order valence-corrected chi connectivity index (χ2v) is 12.2. The normalized spacial score (nSPS) is 14.4. The Morgan fingerprint density at radius 2 is 0.947 bits per heavy atom. The molecule has 0 aromatic heterocycles. The summed E-state index contributed by atoms with van der Waals surface area (Å²) in [6.07, 6.45) is 6.52. The molecule has 0 N–H and O–H groups in total. The van der Waals surface area contributed by atoms with Crippen LogP contribution in [0.4, 0.5) is 0 Å². The summed E-state index contributed by atoms with van der Waals surface area (Å²) < 4.78 is 6.66. The van der Waals surface area contributed by atoms with Gasteiger partial charge in [0.25, 0.3) is 0 Å². The lowest BCUT2D eigenvalue weighted by molar-refractivity contribution is 0.157. The molecule has 6 aromatic rings. The lowest BCUT2D eigenvalue weighted by Gasteiger charge is -2.24. The average Bonchev–Trinajstić information content (AvgIpc) is 2.99. The zero-order chi connectivity index (χ0) is 25.3. The molecule has 0 spiro atoms. The SMILES string of the molecule is c1ccc2c([S+](c3cccc4ccccc34)c3ccc(OC4CCCCC4)c4ccccc34)cccc2c1. The smallest absolute Gasteiger partial charge is 0.174 e. The second kappa shape index (κ2) is 10.2. The Morgan fingerprint density at radius 3 is 1.58 bits per heavy atom. The van der Waals surface area contributed by atoms with Gasteiger partial charge in [-0.15, -0.1) is 0 Å². The van der Waals surface area contributed by atoms with Crippen molar-refractivity contribution in [2.24, 2.45) is 0 Å². The van der Waals surface area contributed by atoms with E-state index in [-0.39, 0.29) is 10.9 Å². The average molecular weight is 512 g/mol. The molecule has 2 heteroatoms. The fraction of sp³-hybridized carbons (Fsp3) is 0.167. The third-order valence-corrected chi connectivity index (χ3v) is 10.2. The van der Waals surface area contributed by atoms with E-state index in [2.05, 4.69) is 121 Å². The van der Waals surface area contributed by atoms with Crippen LogP contribution in [0.25, 0.3) is 32.3 Å². The first-order valence-electron chi connectivity index (χ1n) is 13.7. The topological polar surface area (TPSA) is 9.23 Å². The standard InChI is InChI=1S/C36H31OS/c1-2-16-28(17-3-1)37-33-24-25-36(32-21-9-8-20-31(32)33)38(34-22-10-14-26-12-4-6-18-29(26)34)35-23-11-15-27-13-5-7-19-30(27)35/h4-15,18-25,28H,1-3,16-17H2/q+1. The maximum Gasteiger partial charge on any atom is 0.174 e. The summed E-state index contributed by atoms with van der Waals surface area (Å²) in [5.41, 5.74) is 0. The highest BCUT2D eigenvalue weighted by Gasteiger charge is 2.34. The molecule has 7 rings (SSSR count). The van der Waals surface area contributed by atoms with Crippen molar-refractivity contribution in [1.82, 2.24) is 0 Å². The van der Waals surface area contributed by atoms with E-state index in [0.717, 1.165) is 18.6 Å². The fourth-order valence-electron chi connectivity index (χ4n) is 5.99.